The predicted molar refractivity (Wildman–Crippen MR) is 80.6 cm³/mol. The van der Waals surface area contributed by atoms with Crippen molar-refractivity contribution in [2.45, 2.75) is 32.0 Å². The average molecular weight is 318 g/mol. The lowest BCUT2D eigenvalue weighted by Gasteiger charge is -2.18. The normalized spacial score (nSPS) is 13.8. The van der Waals surface area contributed by atoms with Crippen molar-refractivity contribution in [3.8, 4) is 5.75 Å². The van der Waals surface area contributed by atoms with Gasteiger partial charge >= 0.3 is 6.61 Å². The van der Waals surface area contributed by atoms with Gasteiger partial charge in [-0.05, 0) is 43.0 Å². The van der Waals surface area contributed by atoms with Gasteiger partial charge in [-0.3, -0.25) is 4.79 Å². The first-order valence-corrected chi connectivity index (χ1v) is 7.93. The third kappa shape index (κ3) is 6.31. The molecule has 0 aliphatic carbocycles. The lowest BCUT2D eigenvalue weighted by molar-refractivity contribution is -0.123. The highest BCUT2D eigenvalue weighted by Gasteiger charge is 2.16. The van der Waals surface area contributed by atoms with Gasteiger partial charge in [-0.15, -0.1) is 0 Å². The molecule has 1 rings (SSSR count). The summed E-state index contributed by atoms with van der Waals surface area (Å²) in [6.45, 7) is -1.11. The van der Waals surface area contributed by atoms with E-state index < -0.39 is 12.7 Å². The molecular weight excluding hydrogens is 298 g/mol. The van der Waals surface area contributed by atoms with Crippen molar-refractivity contribution >= 4 is 17.7 Å². The third-order valence-electron chi connectivity index (χ3n) is 2.91. The van der Waals surface area contributed by atoms with Crippen molar-refractivity contribution in [2.24, 2.45) is 5.73 Å². The first kappa shape index (κ1) is 17.7. The van der Waals surface area contributed by atoms with Gasteiger partial charge in [0.25, 0.3) is 0 Å². The quantitative estimate of drug-likeness (QED) is 0.773. The Balaban J connectivity index is 2.62. The molecule has 0 spiro atoms. The van der Waals surface area contributed by atoms with Crippen molar-refractivity contribution in [3.63, 3.8) is 0 Å². The summed E-state index contributed by atoms with van der Waals surface area (Å²) in [5, 5.41) is 2.77. The summed E-state index contributed by atoms with van der Waals surface area (Å²) in [5.41, 5.74) is 6.46. The molecule has 0 aliphatic rings. The van der Waals surface area contributed by atoms with Gasteiger partial charge in [0.1, 0.15) is 5.75 Å². The average Bonchev–Trinajstić information content (AvgIpc) is 2.44. The van der Waals surface area contributed by atoms with Crippen molar-refractivity contribution < 1.29 is 18.3 Å². The third-order valence-corrected chi connectivity index (χ3v) is 3.56. The maximum Gasteiger partial charge on any atom is 0.387 e. The SMILES string of the molecule is CSCC[C@H](N)C(=O)NC(C)c1cccc(OC(F)F)c1. The van der Waals surface area contributed by atoms with Crippen LogP contribution in [-0.4, -0.2) is 30.6 Å². The zero-order chi connectivity index (χ0) is 15.8. The van der Waals surface area contributed by atoms with Gasteiger partial charge in [0.15, 0.2) is 0 Å². The highest BCUT2D eigenvalue weighted by Crippen LogP contribution is 2.20. The lowest BCUT2D eigenvalue weighted by atomic mass is 10.1. The number of halogens is 2. The van der Waals surface area contributed by atoms with E-state index in [0.29, 0.717) is 12.0 Å². The summed E-state index contributed by atoms with van der Waals surface area (Å²) >= 11 is 1.62. The number of hydrogen-bond donors (Lipinski definition) is 2. The molecule has 0 heterocycles. The smallest absolute Gasteiger partial charge is 0.387 e. The van der Waals surface area contributed by atoms with Gasteiger partial charge in [0.05, 0.1) is 12.1 Å². The van der Waals surface area contributed by atoms with Crippen LogP contribution in [0.15, 0.2) is 24.3 Å². The van der Waals surface area contributed by atoms with E-state index in [1.165, 1.54) is 12.1 Å². The molecule has 1 unspecified atom stereocenters. The Hall–Kier alpha value is -1.34. The summed E-state index contributed by atoms with van der Waals surface area (Å²) in [5.74, 6) is 0.618. The second-order valence-corrected chi connectivity index (χ2v) is 5.55. The molecule has 4 nitrogen and oxygen atoms in total. The van der Waals surface area contributed by atoms with Crippen LogP contribution in [0.2, 0.25) is 0 Å². The minimum Gasteiger partial charge on any atom is -0.435 e. The Morgan fingerprint density at radius 1 is 1.48 bits per heavy atom. The Kier molecular flexibility index (Phi) is 7.45. The Labute approximate surface area is 127 Å². The summed E-state index contributed by atoms with van der Waals surface area (Å²) in [7, 11) is 0. The van der Waals surface area contributed by atoms with Crippen LogP contribution in [0.4, 0.5) is 8.78 Å². The number of carbonyl (C=O) groups is 1. The van der Waals surface area contributed by atoms with Crippen LogP contribution >= 0.6 is 11.8 Å². The molecule has 1 aromatic rings. The van der Waals surface area contributed by atoms with Crippen LogP contribution in [0.5, 0.6) is 5.75 Å². The van der Waals surface area contributed by atoms with Gasteiger partial charge in [-0.25, -0.2) is 0 Å². The number of amides is 1. The molecule has 0 bridgehead atoms. The van der Waals surface area contributed by atoms with E-state index in [9.17, 15) is 13.6 Å². The molecule has 0 fully saturated rings. The summed E-state index contributed by atoms with van der Waals surface area (Å²) < 4.78 is 28.7. The molecular formula is C14H20F2N2O2S. The second kappa shape index (κ2) is 8.84. The van der Waals surface area contributed by atoms with E-state index in [2.05, 4.69) is 10.1 Å². The van der Waals surface area contributed by atoms with Gasteiger partial charge in [-0.1, -0.05) is 12.1 Å². The Bertz CT molecular complexity index is 460. The number of ether oxygens (including phenoxy) is 1. The number of nitrogens with two attached hydrogens (primary N) is 1. The van der Waals surface area contributed by atoms with Gasteiger partial charge < -0.3 is 15.8 Å². The van der Waals surface area contributed by atoms with Crippen LogP contribution in [-0.2, 0) is 4.79 Å². The van der Waals surface area contributed by atoms with Crippen LogP contribution < -0.4 is 15.8 Å². The number of alkyl halides is 2. The molecule has 0 radical (unpaired) electrons. The molecule has 0 aromatic heterocycles. The highest BCUT2D eigenvalue weighted by atomic mass is 32.2. The standard InChI is InChI=1S/C14H20F2N2O2S/c1-9(18-13(19)12(17)6-7-21-2)10-4-3-5-11(8-10)20-14(15)16/h3-5,8-9,12,14H,6-7,17H2,1-2H3,(H,18,19)/t9?,12-/m0/s1. The van der Waals surface area contributed by atoms with Crippen molar-refractivity contribution in [3.05, 3.63) is 29.8 Å². The molecule has 0 saturated carbocycles. The molecule has 1 amide bonds. The second-order valence-electron chi connectivity index (χ2n) is 4.57. The monoisotopic (exact) mass is 318 g/mol. The van der Waals surface area contributed by atoms with E-state index >= 15 is 0 Å². The summed E-state index contributed by atoms with van der Waals surface area (Å²) in [6, 6.07) is 5.35. The van der Waals surface area contributed by atoms with E-state index in [0.717, 1.165) is 5.75 Å². The van der Waals surface area contributed by atoms with E-state index in [1.54, 1.807) is 30.8 Å². The van der Waals surface area contributed by atoms with Gasteiger partial charge in [-0.2, -0.15) is 20.5 Å². The molecule has 2 atom stereocenters. The Morgan fingerprint density at radius 2 is 2.19 bits per heavy atom. The van der Waals surface area contributed by atoms with Crippen molar-refractivity contribution in [2.75, 3.05) is 12.0 Å². The maximum absolute atomic E-state index is 12.2. The zero-order valence-corrected chi connectivity index (χ0v) is 12.8. The molecule has 0 aliphatic heterocycles. The minimum absolute atomic E-state index is 0.0651. The maximum atomic E-state index is 12.2. The fourth-order valence-corrected chi connectivity index (χ4v) is 2.23. The lowest BCUT2D eigenvalue weighted by Crippen LogP contribution is -2.41. The van der Waals surface area contributed by atoms with E-state index in [-0.39, 0.29) is 17.7 Å². The van der Waals surface area contributed by atoms with Crippen LogP contribution in [0.25, 0.3) is 0 Å². The number of benzene rings is 1. The van der Waals surface area contributed by atoms with Crippen molar-refractivity contribution in [1.82, 2.24) is 5.32 Å². The minimum atomic E-state index is -2.87. The molecule has 3 N–H and O–H groups in total. The number of nitrogens with one attached hydrogen (secondary N) is 1. The van der Waals surface area contributed by atoms with E-state index in [4.69, 9.17) is 5.73 Å². The molecule has 118 valence electrons. The van der Waals surface area contributed by atoms with Crippen LogP contribution in [0, 0.1) is 0 Å². The first-order valence-electron chi connectivity index (χ1n) is 6.53. The van der Waals surface area contributed by atoms with Gasteiger partial charge in [0, 0.05) is 0 Å². The number of thioether (sulfide) groups is 1. The zero-order valence-electron chi connectivity index (χ0n) is 12.0. The van der Waals surface area contributed by atoms with Crippen LogP contribution in [0.3, 0.4) is 0 Å². The fraction of sp³-hybridized carbons (Fsp3) is 0.500. The van der Waals surface area contributed by atoms with E-state index in [1.807, 2.05) is 6.26 Å². The molecule has 21 heavy (non-hydrogen) atoms. The largest absolute Gasteiger partial charge is 0.435 e. The summed E-state index contributed by atoms with van der Waals surface area (Å²) in [6.07, 6.45) is 2.54. The van der Waals surface area contributed by atoms with Gasteiger partial charge in [0.2, 0.25) is 5.91 Å². The summed E-state index contributed by atoms with van der Waals surface area (Å²) in [4.78, 5) is 11.9. The number of carbonyl (C=O) groups excluding carboxylic acids is 1. The fourth-order valence-electron chi connectivity index (χ4n) is 1.74. The molecule has 0 saturated heterocycles. The number of hydrogen-bond acceptors (Lipinski definition) is 4. The topological polar surface area (TPSA) is 64.4 Å². The highest BCUT2D eigenvalue weighted by molar-refractivity contribution is 7.98. The number of rotatable bonds is 8. The predicted octanol–water partition coefficient (Wildman–Crippen LogP) is 2.55. The van der Waals surface area contributed by atoms with Crippen LogP contribution in [0.1, 0.15) is 24.9 Å². The Morgan fingerprint density at radius 3 is 2.81 bits per heavy atom. The molecule has 1 aromatic carbocycles. The van der Waals surface area contributed by atoms with Crippen molar-refractivity contribution in [1.29, 1.82) is 0 Å². The molecule has 7 heteroatoms. The first-order chi connectivity index (χ1) is 9.93.